The van der Waals surface area contributed by atoms with Gasteiger partial charge in [0.25, 0.3) is 0 Å². The number of benzene rings is 3. The maximum Gasteiger partial charge on any atom is 0.320 e. The van der Waals surface area contributed by atoms with Crippen molar-refractivity contribution in [2.75, 3.05) is 13.7 Å². The number of nitrogens with zero attached hydrogens (tertiary/aromatic N) is 1. The van der Waals surface area contributed by atoms with Crippen LogP contribution in [0.4, 0.5) is 0 Å². The van der Waals surface area contributed by atoms with Gasteiger partial charge in [0, 0.05) is 0 Å². The van der Waals surface area contributed by atoms with Crippen LogP contribution in [0.5, 0.6) is 5.75 Å². The summed E-state index contributed by atoms with van der Waals surface area (Å²) in [6, 6.07) is 22.0. The molecule has 4 rings (SSSR count). The summed E-state index contributed by atoms with van der Waals surface area (Å²) < 4.78 is 5.46. The Bertz CT molecular complexity index is 979. The highest BCUT2D eigenvalue weighted by molar-refractivity contribution is 5.86. The third kappa shape index (κ3) is 3.48. The number of carboxylic acid groups (broad SMARTS) is 1. The van der Waals surface area contributed by atoms with Crippen LogP contribution in [0.25, 0.3) is 10.8 Å². The largest absolute Gasteiger partial charge is 0.497 e. The van der Waals surface area contributed by atoms with Gasteiger partial charge in [-0.15, -0.1) is 0 Å². The van der Waals surface area contributed by atoms with E-state index < -0.39 is 12.0 Å². The summed E-state index contributed by atoms with van der Waals surface area (Å²) in [6.45, 7) is 0.766. The number of ether oxygens (including phenoxy) is 1. The van der Waals surface area contributed by atoms with Crippen LogP contribution in [0.15, 0.2) is 66.7 Å². The van der Waals surface area contributed by atoms with Crippen LogP contribution in [0.3, 0.4) is 0 Å². The number of aliphatic carboxylic acids is 1. The second-order valence-electron chi connectivity index (χ2n) is 7.34. The number of hydrogen-bond acceptors (Lipinski definition) is 3. The molecule has 1 aliphatic heterocycles. The van der Waals surface area contributed by atoms with Gasteiger partial charge in [-0.2, -0.15) is 0 Å². The Balaban J connectivity index is 1.91. The predicted octanol–water partition coefficient (Wildman–Crippen LogP) is 4.88. The lowest BCUT2D eigenvalue weighted by Gasteiger charge is -2.40. The molecule has 144 valence electrons. The molecule has 0 aromatic heterocycles. The quantitative estimate of drug-likeness (QED) is 0.691. The summed E-state index contributed by atoms with van der Waals surface area (Å²) in [4.78, 5) is 14.2. The molecule has 1 fully saturated rings. The molecule has 1 N–H and O–H groups in total. The highest BCUT2D eigenvalue weighted by Crippen LogP contribution is 2.38. The van der Waals surface area contributed by atoms with Crippen LogP contribution < -0.4 is 4.74 Å². The Morgan fingerprint density at radius 3 is 2.68 bits per heavy atom. The molecule has 0 bridgehead atoms. The Morgan fingerprint density at radius 1 is 1.07 bits per heavy atom. The zero-order valence-corrected chi connectivity index (χ0v) is 16.0. The van der Waals surface area contributed by atoms with Crippen LogP contribution in [0, 0.1) is 0 Å². The number of likely N-dealkylation sites (tertiary alicyclic amines) is 1. The van der Waals surface area contributed by atoms with Gasteiger partial charge in [-0.05, 0) is 53.4 Å². The van der Waals surface area contributed by atoms with Crippen LogP contribution in [0.1, 0.15) is 36.4 Å². The van der Waals surface area contributed by atoms with E-state index in [1.165, 1.54) is 0 Å². The van der Waals surface area contributed by atoms with Gasteiger partial charge in [0.1, 0.15) is 11.8 Å². The minimum absolute atomic E-state index is 0.136. The maximum atomic E-state index is 12.1. The Labute approximate surface area is 165 Å². The molecule has 28 heavy (non-hydrogen) atoms. The molecule has 1 saturated heterocycles. The Morgan fingerprint density at radius 2 is 1.86 bits per heavy atom. The molecule has 4 nitrogen and oxygen atoms in total. The Kier molecular flexibility index (Phi) is 5.31. The zero-order chi connectivity index (χ0) is 19.5. The monoisotopic (exact) mass is 375 g/mol. The molecule has 4 heteroatoms. The first kappa shape index (κ1) is 18.5. The van der Waals surface area contributed by atoms with Crippen molar-refractivity contribution in [2.45, 2.75) is 31.3 Å². The van der Waals surface area contributed by atoms with Crippen LogP contribution in [-0.2, 0) is 4.79 Å². The molecule has 0 spiro atoms. The molecule has 2 unspecified atom stereocenters. The van der Waals surface area contributed by atoms with Crippen molar-refractivity contribution in [1.29, 1.82) is 0 Å². The van der Waals surface area contributed by atoms with Gasteiger partial charge < -0.3 is 9.84 Å². The molecule has 1 heterocycles. The zero-order valence-electron chi connectivity index (χ0n) is 16.0. The normalized spacial score (nSPS) is 18.7. The van der Waals surface area contributed by atoms with Crippen molar-refractivity contribution >= 4 is 16.7 Å². The summed E-state index contributed by atoms with van der Waals surface area (Å²) in [5.41, 5.74) is 2.20. The fourth-order valence-corrected chi connectivity index (χ4v) is 4.38. The summed E-state index contributed by atoms with van der Waals surface area (Å²) in [5.74, 6) is 0.0412. The lowest BCUT2D eigenvalue weighted by Crippen LogP contribution is -2.46. The predicted molar refractivity (Wildman–Crippen MR) is 111 cm³/mol. The van der Waals surface area contributed by atoms with Gasteiger partial charge in [-0.1, -0.05) is 61.0 Å². The highest BCUT2D eigenvalue weighted by atomic mass is 16.5. The average molecular weight is 375 g/mol. The smallest absolute Gasteiger partial charge is 0.320 e. The van der Waals surface area contributed by atoms with Crippen molar-refractivity contribution in [1.82, 2.24) is 4.90 Å². The fraction of sp³-hybridized carbons (Fsp3) is 0.292. The second kappa shape index (κ2) is 8.03. The van der Waals surface area contributed by atoms with E-state index in [9.17, 15) is 9.90 Å². The fourth-order valence-electron chi connectivity index (χ4n) is 4.38. The van der Waals surface area contributed by atoms with Gasteiger partial charge in [0.05, 0.1) is 13.2 Å². The van der Waals surface area contributed by atoms with E-state index in [1.807, 2.05) is 30.3 Å². The average Bonchev–Trinajstić information content (AvgIpc) is 2.74. The van der Waals surface area contributed by atoms with Gasteiger partial charge in [0.2, 0.25) is 0 Å². The van der Waals surface area contributed by atoms with Crippen molar-refractivity contribution in [3.63, 3.8) is 0 Å². The standard InChI is InChI=1S/C24H25NO3/c1-28-19-11-6-10-18(16-19)23(25-15-5-4-14-22(25)24(26)27)21-13-7-9-17-8-2-3-12-20(17)21/h2-3,6-13,16,22-23H,4-5,14-15H2,1H3,(H,26,27). The number of rotatable bonds is 5. The minimum Gasteiger partial charge on any atom is -0.497 e. The lowest BCUT2D eigenvalue weighted by atomic mass is 9.89. The molecular formula is C24H25NO3. The minimum atomic E-state index is -0.743. The van der Waals surface area contributed by atoms with Gasteiger partial charge in [0.15, 0.2) is 0 Å². The van der Waals surface area contributed by atoms with E-state index in [0.29, 0.717) is 6.42 Å². The first-order valence-electron chi connectivity index (χ1n) is 9.79. The van der Waals surface area contributed by atoms with Gasteiger partial charge >= 0.3 is 5.97 Å². The first-order valence-corrected chi connectivity index (χ1v) is 9.79. The number of carboxylic acids is 1. The number of carbonyl (C=O) groups is 1. The highest BCUT2D eigenvalue weighted by Gasteiger charge is 2.35. The first-order chi connectivity index (χ1) is 13.7. The van der Waals surface area contributed by atoms with Crippen molar-refractivity contribution < 1.29 is 14.6 Å². The van der Waals surface area contributed by atoms with Gasteiger partial charge in [-0.25, -0.2) is 0 Å². The van der Waals surface area contributed by atoms with Crippen molar-refractivity contribution in [3.05, 3.63) is 77.9 Å². The number of methoxy groups -OCH3 is 1. The second-order valence-corrected chi connectivity index (χ2v) is 7.34. The van der Waals surface area contributed by atoms with E-state index in [-0.39, 0.29) is 6.04 Å². The molecule has 1 aliphatic rings. The maximum absolute atomic E-state index is 12.1. The number of fused-ring (bicyclic) bond motifs is 1. The molecule has 0 saturated carbocycles. The summed E-state index contributed by atoms with van der Waals surface area (Å²) in [5, 5.41) is 12.2. The lowest BCUT2D eigenvalue weighted by molar-refractivity contribution is -0.145. The van der Waals surface area contributed by atoms with E-state index >= 15 is 0 Å². The molecular weight excluding hydrogens is 350 g/mol. The number of hydrogen-bond donors (Lipinski definition) is 1. The van der Waals surface area contributed by atoms with Crippen LogP contribution in [0.2, 0.25) is 0 Å². The van der Waals surface area contributed by atoms with Crippen LogP contribution in [-0.4, -0.2) is 35.7 Å². The van der Waals surface area contributed by atoms with E-state index in [4.69, 9.17) is 4.74 Å². The SMILES string of the molecule is COc1cccc(C(c2cccc3ccccc23)N2CCCCC2C(=O)O)c1. The van der Waals surface area contributed by atoms with E-state index in [0.717, 1.165) is 47.0 Å². The van der Waals surface area contributed by atoms with Crippen molar-refractivity contribution in [3.8, 4) is 5.75 Å². The summed E-state index contributed by atoms with van der Waals surface area (Å²) in [7, 11) is 1.66. The summed E-state index contributed by atoms with van der Waals surface area (Å²) >= 11 is 0. The molecule has 0 radical (unpaired) electrons. The molecule has 3 aromatic carbocycles. The molecule has 0 aliphatic carbocycles. The number of piperidine rings is 1. The van der Waals surface area contributed by atoms with Gasteiger partial charge in [-0.3, -0.25) is 9.69 Å². The Hall–Kier alpha value is -2.85. The third-order valence-electron chi connectivity index (χ3n) is 5.69. The summed E-state index contributed by atoms with van der Waals surface area (Å²) in [6.07, 6.45) is 2.64. The molecule has 3 aromatic rings. The van der Waals surface area contributed by atoms with E-state index in [1.54, 1.807) is 7.11 Å². The topological polar surface area (TPSA) is 49.8 Å². The van der Waals surface area contributed by atoms with Crippen LogP contribution >= 0.6 is 0 Å². The van der Waals surface area contributed by atoms with Crippen molar-refractivity contribution in [2.24, 2.45) is 0 Å². The molecule has 2 atom stereocenters. The molecule has 0 amide bonds. The van der Waals surface area contributed by atoms with E-state index in [2.05, 4.69) is 41.3 Å². The third-order valence-corrected chi connectivity index (χ3v) is 5.69.